The summed E-state index contributed by atoms with van der Waals surface area (Å²) in [4.78, 5) is 0. The molecule has 0 radical (unpaired) electrons. The highest BCUT2D eigenvalue weighted by Crippen LogP contribution is 2.59. The molecule has 0 amide bonds. The van der Waals surface area contributed by atoms with Crippen molar-refractivity contribution in [3.63, 3.8) is 0 Å². The lowest BCUT2D eigenvalue weighted by atomic mass is 9.98. The van der Waals surface area contributed by atoms with Crippen LogP contribution in [0.15, 0.2) is 66.7 Å². The minimum Gasteiger partial charge on any atom is -0.399 e. The largest absolute Gasteiger partial charge is 0.399 e. The van der Waals surface area contributed by atoms with Gasteiger partial charge in [-0.25, -0.2) is 0 Å². The summed E-state index contributed by atoms with van der Waals surface area (Å²) in [5.41, 5.74) is 37.1. The van der Waals surface area contributed by atoms with Crippen LogP contribution < -0.4 is 33.2 Å². The molecule has 1 aromatic heterocycles. The summed E-state index contributed by atoms with van der Waals surface area (Å²) in [5, 5.41) is 3.49. The van der Waals surface area contributed by atoms with E-state index in [-0.39, 0.29) is 5.54 Å². The van der Waals surface area contributed by atoms with Gasteiger partial charge in [0.05, 0.1) is 30.3 Å². The maximum absolute atomic E-state index is 7.09. The molecule has 0 bridgehead atoms. The zero-order valence-electron chi connectivity index (χ0n) is 22.4. The second kappa shape index (κ2) is 8.92. The summed E-state index contributed by atoms with van der Waals surface area (Å²) in [7, 11) is 0. The molecule has 38 heavy (non-hydrogen) atoms. The number of likely N-dealkylation sites (tertiary alicyclic amines) is 1. The lowest BCUT2D eigenvalue weighted by Gasteiger charge is -2.51. The summed E-state index contributed by atoms with van der Waals surface area (Å²) in [5.74, 6) is 0. The summed E-state index contributed by atoms with van der Waals surface area (Å²) >= 11 is 0. The number of nitrogen functional groups attached to an aromatic ring is 2. The Morgan fingerprint density at radius 2 is 1.50 bits per heavy atom. The Hall–Kier alpha value is -3.23. The molecule has 7 nitrogen and oxygen atoms in total. The Bertz CT molecular complexity index is 1510. The van der Waals surface area contributed by atoms with Gasteiger partial charge in [-0.2, -0.15) is 4.57 Å². The first-order valence-corrected chi connectivity index (χ1v) is 13.9. The van der Waals surface area contributed by atoms with E-state index in [0.717, 1.165) is 76.9 Å². The molecule has 2 heterocycles. The lowest BCUT2D eigenvalue weighted by Crippen LogP contribution is -2.78. The van der Waals surface area contributed by atoms with Crippen molar-refractivity contribution in [3.05, 3.63) is 66.7 Å². The monoisotopic (exact) mass is 511 g/mol. The van der Waals surface area contributed by atoms with Crippen molar-refractivity contribution in [2.75, 3.05) is 24.6 Å². The predicted molar refractivity (Wildman–Crippen MR) is 156 cm³/mol. The molecule has 2 aliphatic rings. The first kappa shape index (κ1) is 25.1. The Labute approximate surface area is 224 Å². The first-order valence-electron chi connectivity index (χ1n) is 13.9. The molecule has 1 spiro atoms. The number of aromatic nitrogens is 1. The number of hydrogen-bond donors (Lipinski definition) is 5. The topological polar surface area (TPSA) is 134 Å². The van der Waals surface area contributed by atoms with Crippen molar-refractivity contribution in [1.29, 1.82) is 0 Å². The molecule has 10 N–H and O–H groups in total. The van der Waals surface area contributed by atoms with E-state index >= 15 is 0 Å². The van der Waals surface area contributed by atoms with Crippen LogP contribution in [0.3, 0.4) is 0 Å². The molecule has 6 rings (SSSR count). The highest BCUT2D eigenvalue weighted by Gasteiger charge is 2.72. The quantitative estimate of drug-likeness (QED) is 0.0850. The van der Waals surface area contributed by atoms with Crippen LogP contribution in [0.1, 0.15) is 39.0 Å². The van der Waals surface area contributed by atoms with Gasteiger partial charge >= 0.3 is 0 Å². The number of anilines is 2. The number of likely N-dealkylation sites (N-methyl/N-ethyl adjacent to an activating group) is 1. The van der Waals surface area contributed by atoms with Crippen LogP contribution in [0.2, 0.25) is 0 Å². The molecule has 198 valence electrons. The third-order valence-corrected chi connectivity index (χ3v) is 9.78. The van der Waals surface area contributed by atoms with Crippen LogP contribution in [0.4, 0.5) is 11.4 Å². The summed E-state index contributed by atoms with van der Waals surface area (Å²) in [6.07, 6.45) is 4.82. The molecule has 1 aliphatic heterocycles. The van der Waals surface area contributed by atoms with E-state index < -0.39 is 11.8 Å². The number of aryl methyl sites for hydroxylation is 1. The van der Waals surface area contributed by atoms with E-state index in [1.54, 1.807) is 0 Å². The fourth-order valence-corrected chi connectivity index (χ4v) is 7.71. The first-order chi connectivity index (χ1) is 18.3. The Morgan fingerprint density at radius 1 is 0.842 bits per heavy atom. The van der Waals surface area contributed by atoms with E-state index in [1.165, 1.54) is 23.6 Å². The van der Waals surface area contributed by atoms with Gasteiger partial charge in [0.15, 0.2) is 12.2 Å². The van der Waals surface area contributed by atoms with Crippen LogP contribution >= 0.6 is 0 Å². The maximum Gasteiger partial charge on any atom is 0.220 e. The number of benzene rings is 3. The van der Waals surface area contributed by atoms with E-state index in [4.69, 9.17) is 28.7 Å². The Balaban J connectivity index is 1.50. The summed E-state index contributed by atoms with van der Waals surface area (Å²) in [6, 6.07) is 23.0. The van der Waals surface area contributed by atoms with Crippen LogP contribution in [0, 0.1) is 0 Å². The standard InChI is InChI=1S/C31H40N7/c1-2-38(30(13-14-30)15-16-31(38,36)29(34)35)18-6-17-37-27-20-23(33)10-12-25(27)24-11-9-22(32)19-26(24)28(37)21-7-4-3-5-8-21/h3-5,7-12,19-20,29,33H,2,6,13-18,32,34-36H2,1H3/q+1/p+1. The third-order valence-electron chi connectivity index (χ3n) is 9.78. The van der Waals surface area contributed by atoms with Crippen molar-refractivity contribution >= 4 is 33.1 Å². The number of quaternary nitrogens is 1. The number of nitrogens with two attached hydrogens (primary N) is 5. The van der Waals surface area contributed by atoms with Gasteiger partial charge in [0, 0.05) is 54.1 Å². The summed E-state index contributed by atoms with van der Waals surface area (Å²) in [6.45, 7) is 4.96. The zero-order valence-corrected chi connectivity index (χ0v) is 22.4. The normalized spacial score (nSPS) is 24.1. The second-order valence-electron chi connectivity index (χ2n) is 11.6. The number of pyridine rings is 1. The highest BCUT2D eigenvalue weighted by atomic mass is 15.5. The molecule has 1 aliphatic carbocycles. The third kappa shape index (κ3) is 3.53. The average Bonchev–Trinajstić information content (AvgIpc) is 3.66. The fraction of sp³-hybridized carbons (Fsp3) is 0.387. The molecule has 1 saturated heterocycles. The van der Waals surface area contributed by atoms with Crippen LogP contribution in [0.5, 0.6) is 0 Å². The molecule has 7 heteroatoms. The van der Waals surface area contributed by atoms with Gasteiger partial charge in [-0.15, -0.1) is 0 Å². The molecular formula is C31H41N7+2. The number of nitrogens with zero attached hydrogens (tertiary/aromatic N) is 2. The van der Waals surface area contributed by atoms with Gasteiger partial charge < -0.3 is 22.9 Å². The van der Waals surface area contributed by atoms with E-state index in [1.807, 2.05) is 12.1 Å². The highest BCUT2D eigenvalue weighted by molar-refractivity contribution is 6.10. The zero-order chi connectivity index (χ0) is 26.7. The molecular weight excluding hydrogens is 470 g/mol. The maximum atomic E-state index is 7.09. The minimum atomic E-state index is -0.595. The Kier molecular flexibility index (Phi) is 5.88. The molecule has 1 saturated carbocycles. The number of hydrogen-bond acceptors (Lipinski definition) is 5. The molecule has 4 aromatic rings. The van der Waals surface area contributed by atoms with Gasteiger partial charge in [0.2, 0.25) is 11.2 Å². The van der Waals surface area contributed by atoms with Crippen molar-refractivity contribution in [2.45, 2.75) is 62.9 Å². The second-order valence-corrected chi connectivity index (χ2v) is 11.6. The van der Waals surface area contributed by atoms with E-state index in [9.17, 15) is 0 Å². The SMILES string of the molecule is CC[N+]1(CCC[n+]2c(-c3ccccc3)c3cc(N)ccc3c3ccc(N)cc32)C2(CC2)CCC1(N)C(N)N. The predicted octanol–water partition coefficient (Wildman–Crippen LogP) is 3.56. The van der Waals surface area contributed by atoms with Gasteiger partial charge in [0.25, 0.3) is 0 Å². The van der Waals surface area contributed by atoms with E-state index in [2.05, 4.69) is 66.1 Å². The molecule has 2 unspecified atom stereocenters. The molecule has 2 atom stereocenters. The van der Waals surface area contributed by atoms with Crippen LogP contribution in [0.25, 0.3) is 32.9 Å². The molecule has 3 aromatic carbocycles. The Morgan fingerprint density at radius 3 is 2.16 bits per heavy atom. The fourth-order valence-electron chi connectivity index (χ4n) is 7.71. The van der Waals surface area contributed by atoms with Crippen molar-refractivity contribution < 1.29 is 9.05 Å². The average molecular weight is 512 g/mol. The van der Waals surface area contributed by atoms with E-state index in [0.29, 0.717) is 0 Å². The smallest absolute Gasteiger partial charge is 0.220 e. The minimum absolute atomic E-state index is 0.234. The summed E-state index contributed by atoms with van der Waals surface area (Å²) < 4.78 is 3.25. The lowest BCUT2D eigenvalue weighted by molar-refractivity contribution is -0.994. The number of rotatable bonds is 7. The van der Waals surface area contributed by atoms with Crippen LogP contribution in [-0.2, 0) is 6.54 Å². The van der Waals surface area contributed by atoms with Gasteiger partial charge in [0.1, 0.15) is 11.7 Å². The van der Waals surface area contributed by atoms with Crippen molar-refractivity contribution in [3.8, 4) is 11.3 Å². The molecule has 2 fully saturated rings. The van der Waals surface area contributed by atoms with Crippen LogP contribution in [-0.4, -0.2) is 34.9 Å². The van der Waals surface area contributed by atoms with Crippen molar-refractivity contribution in [1.82, 2.24) is 0 Å². The van der Waals surface area contributed by atoms with Crippen molar-refractivity contribution in [2.24, 2.45) is 17.2 Å². The van der Waals surface area contributed by atoms with Gasteiger partial charge in [-0.1, -0.05) is 24.3 Å². The number of fused-ring (bicyclic) bond motifs is 3. The van der Waals surface area contributed by atoms with Gasteiger partial charge in [-0.05, 0) is 43.3 Å². The van der Waals surface area contributed by atoms with Gasteiger partial charge in [-0.3, -0.25) is 10.2 Å².